The molecule has 3 atom stereocenters. The molecule has 2 amide bonds. The number of hydrogen-bond donors (Lipinski definition) is 7. The van der Waals surface area contributed by atoms with Crippen molar-refractivity contribution >= 4 is 67.0 Å². The summed E-state index contributed by atoms with van der Waals surface area (Å²) in [7, 11) is 0. The van der Waals surface area contributed by atoms with Gasteiger partial charge in [-0.1, -0.05) is 18.1 Å². The molecule has 6 aromatic rings. The second-order valence-electron chi connectivity index (χ2n) is 19.3. The zero-order valence-corrected chi connectivity index (χ0v) is 40.4. The van der Waals surface area contributed by atoms with Gasteiger partial charge in [0.15, 0.2) is 0 Å². The summed E-state index contributed by atoms with van der Waals surface area (Å²) in [6.45, 7) is 6.06. The number of pyridine rings is 1. The highest BCUT2D eigenvalue weighted by atomic mass is 32.1. The first-order valence-electron chi connectivity index (χ1n) is 24.8. The van der Waals surface area contributed by atoms with Crippen molar-refractivity contribution in [3.63, 3.8) is 0 Å². The Kier molecular flexibility index (Phi) is 14.2. The number of unbranched alkanes of at least 4 members (excludes halogenated alkanes) is 1. The van der Waals surface area contributed by atoms with Gasteiger partial charge in [0.2, 0.25) is 0 Å². The molecule has 4 aliphatic rings. The molecule has 0 unspecified atom stereocenters. The van der Waals surface area contributed by atoms with Gasteiger partial charge < -0.3 is 46.7 Å². The first-order chi connectivity index (χ1) is 34.0. The minimum atomic E-state index is -4.41. The summed E-state index contributed by atoms with van der Waals surface area (Å²) in [6.07, 6.45) is 4.14. The topological polar surface area (TPSA) is 139 Å². The molecule has 70 heavy (non-hydrogen) atoms. The van der Waals surface area contributed by atoms with E-state index in [0.717, 1.165) is 109 Å². The minimum Gasteiger partial charge on any atom is -0.383 e. The fraction of sp³-hybridized carbons (Fsp3) is 0.426. The predicted molar refractivity (Wildman–Crippen MR) is 276 cm³/mol. The van der Waals surface area contributed by atoms with Crippen LogP contribution in [0.4, 0.5) is 35.9 Å². The van der Waals surface area contributed by atoms with Gasteiger partial charge in [-0.15, -0.1) is 11.3 Å². The predicted octanol–water partition coefficient (Wildman–Crippen LogP) is 8.60. The normalized spacial score (nSPS) is 19.1. The van der Waals surface area contributed by atoms with Crippen molar-refractivity contribution < 1.29 is 22.8 Å². The molecule has 3 saturated heterocycles. The standard InChI is InChI=1S/C54H61F3N10O2S/c1-34-9-20-45-49(50(70-53(45)62-34)52(69)65-40-16-12-37-29-43(19-13-36(37)28-40)66-31-41-17-18-42(32-66)63-41)60-23-2-3-24-61-51(68)35-10-14-38(15-11-35)59-25-5-6-44-30-46-47(64-39-21-26-58-27-22-39)7-4-8-48(46)67(44)33-54(55,56)57/h4,7-11,13-15,19-20,29-30,39-42,58-60,63-64H,2-3,12,16-18,21-28,31-33H2,1H3,(H,61,68)(H,65,69)/t40-,41-,42+/m0/s1. The van der Waals surface area contributed by atoms with Gasteiger partial charge in [-0.25, -0.2) is 4.98 Å². The number of fused-ring (bicyclic) bond motifs is 5. The number of piperidine rings is 1. The van der Waals surface area contributed by atoms with E-state index >= 15 is 0 Å². The first kappa shape index (κ1) is 47.4. The smallest absolute Gasteiger partial charge is 0.383 e. The summed E-state index contributed by atoms with van der Waals surface area (Å²) in [5, 5.41) is 25.4. The first-order valence-corrected chi connectivity index (χ1v) is 25.7. The molecule has 3 aromatic carbocycles. The third-order valence-electron chi connectivity index (χ3n) is 14.2. The van der Waals surface area contributed by atoms with Crippen molar-refractivity contribution in [2.75, 3.05) is 66.7 Å². The molecule has 12 nitrogen and oxygen atoms in total. The molecular weight excluding hydrogens is 910 g/mol. The fourth-order valence-electron chi connectivity index (χ4n) is 10.6. The van der Waals surface area contributed by atoms with Crippen molar-refractivity contribution in [3.05, 3.63) is 112 Å². The van der Waals surface area contributed by atoms with Crippen molar-refractivity contribution in [2.45, 2.75) is 102 Å². The SMILES string of the molecule is Cc1ccc2c(NCCCCNC(=O)c3ccc(NCC#Cc4cc5c(NC6CCNCC6)cccc5n4CC(F)(F)F)cc3)c(C(=O)N[C@H]3CCc4cc(N5C[C@H]6CC[C@@H](C5)N6)ccc4C3)sc2n1. The number of amides is 2. The Morgan fingerprint density at radius 1 is 0.843 bits per heavy atom. The van der Waals surface area contributed by atoms with E-state index in [2.05, 4.69) is 72.2 Å². The number of benzene rings is 3. The van der Waals surface area contributed by atoms with Crippen LogP contribution in [0.1, 0.15) is 87.5 Å². The summed E-state index contributed by atoms with van der Waals surface area (Å²) < 4.78 is 42.4. The lowest BCUT2D eigenvalue weighted by atomic mass is 9.87. The number of piperazine rings is 1. The van der Waals surface area contributed by atoms with Crippen LogP contribution in [0.15, 0.2) is 78.9 Å². The largest absolute Gasteiger partial charge is 0.406 e. The second-order valence-corrected chi connectivity index (χ2v) is 20.3. The fourth-order valence-corrected chi connectivity index (χ4v) is 11.7. The lowest BCUT2D eigenvalue weighted by Crippen LogP contribution is -2.51. The van der Waals surface area contributed by atoms with Crippen molar-refractivity contribution in [1.29, 1.82) is 0 Å². The van der Waals surface area contributed by atoms with Crippen LogP contribution in [-0.2, 0) is 19.4 Å². The molecule has 10 rings (SSSR count). The van der Waals surface area contributed by atoms with Gasteiger partial charge in [0.1, 0.15) is 16.3 Å². The zero-order valence-electron chi connectivity index (χ0n) is 39.5. The van der Waals surface area contributed by atoms with E-state index in [1.807, 2.05) is 25.1 Å². The lowest BCUT2D eigenvalue weighted by molar-refractivity contribution is -0.140. The summed E-state index contributed by atoms with van der Waals surface area (Å²) in [5.74, 6) is 5.70. The third-order valence-corrected chi connectivity index (χ3v) is 15.3. The number of carbonyl (C=O) groups excluding carboxylic acids is 2. The molecular formula is C54H61F3N10O2S. The summed E-state index contributed by atoms with van der Waals surface area (Å²) >= 11 is 1.42. The molecule has 0 saturated carbocycles. The number of hydrogen-bond acceptors (Lipinski definition) is 10. The Labute approximate surface area is 411 Å². The summed E-state index contributed by atoms with van der Waals surface area (Å²) in [4.78, 5) is 35.8. The van der Waals surface area contributed by atoms with E-state index < -0.39 is 12.7 Å². The number of rotatable bonds is 15. The van der Waals surface area contributed by atoms with Crippen LogP contribution in [0, 0.1) is 18.8 Å². The molecule has 16 heteroatoms. The van der Waals surface area contributed by atoms with Crippen LogP contribution in [0.3, 0.4) is 0 Å². The average molecular weight is 971 g/mol. The Morgan fingerprint density at radius 2 is 1.64 bits per heavy atom. The molecule has 0 radical (unpaired) electrons. The van der Waals surface area contributed by atoms with Crippen molar-refractivity contribution in [3.8, 4) is 11.8 Å². The maximum Gasteiger partial charge on any atom is 0.406 e. The molecule has 6 heterocycles. The minimum absolute atomic E-state index is 0.0492. The molecule has 3 fully saturated rings. The van der Waals surface area contributed by atoms with E-state index in [0.29, 0.717) is 46.8 Å². The van der Waals surface area contributed by atoms with Gasteiger partial charge in [0.05, 0.1) is 23.4 Å². The second kappa shape index (κ2) is 21.0. The average Bonchev–Trinajstić information content (AvgIpc) is 4.02. The molecule has 3 aromatic heterocycles. The molecule has 7 N–H and O–H groups in total. The molecule has 0 spiro atoms. The number of anilines is 4. The van der Waals surface area contributed by atoms with Crippen LogP contribution in [0.2, 0.25) is 0 Å². The van der Waals surface area contributed by atoms with Gasteiger partial charge in [-0.2, -0.15) is 13.2 Å². The summed E-state index contributed by atoms with van der Waals surface area (Å²) in [6, 6.07) is 26.6. The summed E-state index contributed by atoms with van der Waals surface area (Å²) in [5.41, 5.74) is 8.57. The van der Waals surface area contributed by atoms with Crippen molar-refractivity contribution in [2.24, 2.45) is 0 Å². The number of aryl methyl sites for hydroxylation is 2. The lowest BCUT2D eigenvalue weighted by Gasteiger charge is -2.35. The molecule has 3 aliphatic heterocycles. The third kappa shape index (κ3) is 11.2. The molecule has 366 valence electrons. The monoisotopic (exact) mass is 970 g/mol. The maximum atomic E-state index is 14.0. The Morgan fingerprint density at radius 3 is 2.44 bits per heavy atom. The zero-order chi connectivity index (χ0) is 48.2. The quantitative estimate of drug-likeness (QED) is 0.0399. The molecule has 1 aliphatic carbocycles. The van der Waals surface area contributed by atoms with Gasteiger partial charge in [-0.3, -0.25) is 9.59 Å². The van der Waals surface area contributed by atoms with Crippen LogP contribution >= 0.6 is 11.3 Å². The highest BCUT2D eigenvalue weighted by Gasteiger charge is 2.33. The van der Waals surface area contributed by atoms with Crippen LogP contribution in [-0.4, -0.2) is 97.5 Å². The highest BCUT2D eigenvalue weighted by molar-refractivity contribution is 7.21. The van der Waals surface area contributed by atoms with Crippen LogP contribution < -0.4 is 42.1 Å². The van der Waals surface area contributed by atoms with Gasteiger partial charge >= 0.3 is 6.18 Å². The maximum absolute atomic E-state index is 14.0. The Balaban J connectivity index is 0.689. The van der Waals surface area contributed by atoms with E-state index in [9.17, 15) is 22.8 Å². The van der Waals surface area contributed by atoms with E-state index in [4.69, 9.17) is 4.98 Å². The number of aromatic nitrogens is 2. The number of alkyl halides is 3. The number of carbonyl (C=O) groups is 2. The van der Waals surface area contributed by atoms with Gasteiger partial charge in [-0.05, 0) is 162 Å². The van der Waals surface area contributed by atoms with Crippen molar-refractivity contribution in [1.82, 2.24) is 30.8 Å². The van der Waals surface area contributed by atoms with Gasteiger partial charge in [0, 0.05) is 89.4 Å². The van der Waals surface area contributed by atoms with E-state index in [1.165, 1.54) is 45.6 Å². The highest BCUT2D eigenvalue weighted by Crippen LogP contribution is 2.37. The van der Waals surface area contributed by atoms with E-state index in [-0.39, 0.29) is 30.4 Å². The van der Waals surface area contributed by atoms with Crippen LogP contribution in [0.25, 0.3) is 21.1 Å². The number of halogens is 3. The Bertz CT molecular complexity index is 2900. The number of thiophene rings is 1. The van der Waals surface area contributed by atoms with E-state index in [1.54, 1.807) is 42.5 Å². The van der Waals surface area contributed by atoms with Crippen LogP contribution in [0.5, 0.6) is 0 Å². The number of nitrogens with one attached hydrogen (secondary N) is 7. The Hall–Kier alpha value is -6.28. The number of nitrogens with zero attached hydrogens (tertiary/aromatic N) is 3. The van der Waals surface area contributed by atoms with Gasteiger partial charge in [0.25, 0.3) is 11.8 Å². The molecule has 2 bridgehead atoms.